The molecule has 2 bridgehead atoms. The van der Waals surface area contributed by atoms with E-state index in [1.54, 1.807) is 0 Å². The van der Waals surface area contributed by atoms with E-state index in [4.69, 9.17) is 5.11 Å². The van der Waals surface area contributed by atoms with Gasteiger partial charge in [0.2, 0.25) is 0 Å². The molecule has 0 amide bonds. The van der Waals surface area contributed by atoms with Gasteiger partial charge < -0.3 is 5.11 Å². The highest BCUT2D eigenvalue weighted by Gasteiger charge is 2.40. The minimum absolute atomic E-state index is 0.382. The number of carboxylic acids is 1. The fourth-order valence-electron chi connectivity index (χ4n) is 3.42. The Hall–Kier alpha value is -0.570. The smallest absolute Gasteiger partial charge is 0.303 e. The van der Waals surface area contributed by atoms with Crippen molar-refractivity contribution in [1.82, 2.24) is 4.90 Å². The number of fused-ring (bicyclic) bond motifs is 2. The first-order valence-corrected chi connectivity index (χ1v) is 6.18. The van der Waals surface area contributed by atoms with Crippen LogP contribution < -0.4 is 0 Å². The molecule has 1 N–H and O–H groups in total. The zero-order chi connectivity index (χ0) is 10.8. The van der Waals surface area contributed by atoms with E-state index in [0.29, 0.717) is 24.4 Å². The second kappa shape index (κ2) is 4.52. The van der Waals surface area contributed by atoms with Crippen LogP contribution in [0.25, 0.3) is 0 Å². The van der Waals surface area contributed by atoms with Crippen LogP contribution in [-0.2, 0) is 4.79 Å². The van der Waals surface area contributed by atoms with Crippen molar-refractivity contribution in [1.29, 1.82) is 0 Å². The number of piperidine rings is 1. The maximum absolute atomic E-state index is 10.7. The lowest BCUT2D eigenvalue weighted by Crippen LogP contribution is -2.43. The summed E-state index contributed by atoms with van der Waals surface area (Å²) < 4.78 is 0. The number of hydrogen-bond donors (Lipinski definition) is 1. The Morgan fingerprint density at radius 2 is 1.93 bits per heavy atom. The van der Waals surface area contributed by atoms with E-state index in [1.165, 1.54) is 25.8 Å². The van der Waals surface area contributed by atoms with Crippen LogP contribution in [0.15, 0.2) is 0 Å². The standard InChI is InChI=1S/C12H21NO2/c1-2-5-13-10-3-4-11(13)7-9(6-10)8-12(14)15/h9-11H,2-8H2,1H3,(H,14,15). The number of aliphatic carboxylic acids is 1. The van der Waals surface area contributed by atoms with Gasteiger partial charge in [-0.1, -0.05) is 6.92 Å². The third kappa shape index (κ3) is 2.33. The third-order valence-corrected chi connectivity index (χ3v) is 3.93. The summed E-state index contributed by atoms with van der Waals surface area (Å²) in [6.07, 6.45) is 6.41. The summed E-state index contributed by atoms with van der Waals surface area (Å²) in [7, 11) is 0. The lowest BCUT2D eigenvalue weighted by Gasteiger charge is -2.38. The van der Waals surface area contributed by atoms with Crippen molar-refractivity contribution in [2.45, 2.75) is 57.5 Å². The van der Waals surface area contributed by atoms with Crippen LogP contribution in [-0.4, -0.2) is 34.6 Å². The Morgan fingerprint density at radius 1 is 1.33 bits per heavy atom. The topological polar surface area (TPSA) is 40.5 Å². The van der Waals surface area contributed by atoms with Crippen LogP contribution >= 0.6 is 0 Å². The van der Waals surface area contributed by atoms with Crippen molar-refractivity contribution in [2.24, 2.45) is 5.92 Å². The number of nitrogens with zero attached hydrogens (tertiary/aromatic N) is 1. The zero-order valence-corrected chi connectivity index (χ0v) is 9.48. The van der Waals surface area contributed by atoms with Crippen molar-refractivity contribution < 1.29 is 9.90 Å². The highest BCUT2D eigenvalue weighted by molar-refractivity contribution is 5.67. The van der Waals surface area contributed by atoms with E-state index in [2.05, 4.69) is 11.8 Å². The van der Waals surface area contributed by atoms with Crippen LogP contribution in [0.4, 0.5) is 0 Å². The Kier molecular flexibility index (Phi) is 3.29. The molecule has 0 aromatic rings. The largest absolute Gasteiger partial charge is 0.481 e. The summed E-state index contributed by atoms with van der Waals surface area (Å²) in [5.74, 6) is -0.184. The average molecular weight is 211 g/mol. The van der Waals surface area contributed by atoms with Gasteiger partial charge in [0, 0.05) is 18.5 Å². The first-order chi connectivity index (χ1) is 7.20. The van der Waals surface area contributed by atoms with Crippen LogP contribution in [0.1, 0.15) is 45.4 Å². The number of rotatable bonds is 4. The van der Waals surface area contributed by atoms with Gasteiger partial charge in [0.1, 0.15) is 0 Å². The van der Waals surface area contributed by atoms with Gasteiger partial charge in [-0.25, -0.2) is 0 Å². The molecule has 0 aliphatic carbocycles. The Morgan fingerprint density at radius 3 is 2.40 bits per heavy atom. The summed E-state index contributed by atoms with van der Waals surface area (Å²) in [4.78, 5) is 13.3. The molecule has 86 valence electrons. The van der Waals surface area contributed by atoms with E-state index in [9.17, 15) is 4.79 Å². The number of carbonyl (C=O) groups is 1. The Bertz CT molecular complexity index is 228. The summed E-state index contributed by atoms with van der Waals surface area (Å²) in [5, 5.41) is 8.81. The quantitative estimate of drug-likeness (QED) is 0.774. The molecular weight excluding hydrogens is 190 g/mol. The van der Waals surface area contributed by atoms with Gasteiger partial charge >= 0.3 is 5.97 Å². The second-order valence-corrected chi connectivity index (χ2v) is 5.06. The molecule has 2 fully saturated rings. The molecule has 2 heterocycles. The van der Waals surface area contributed by atoms with E-state index < -0.39 is 5.97 Å². The first-order valence-electron chi connectivity index (χ1n) is 6.18. The maximum Gasteiger partial charge on any atom is 0.303 e. The van der Waals surface area contributed by atoms with Crippen LogP contribution in [0.3, 0.4) is 0 Å². The van der Waals surface area contributed by atoms with Gasteiger partial charge in [-0.2, -0.15) is 0 Å². The Balaban J connectivity index is 1.92. The lowest BCUT2D eigenvalue weighted by atomic mass is 9.88. The van der Waals surface area contributed by atoms with Gasteiger partial charge in [-0.3, -0.25) is 9.69 Å². The molecule has 2 aliphatic rings. The van der Waals surface area contributed by atoms with Gasteiger partial charge in [-0.15, -0.1) is 0 Å². The molecule has 3 nitrogen and oxygen atoms in total. The molecule has 2 unspecified atom stereocenters. The van der Waals surface area contributed by atoms with Gasteiger partial charge in [0.15, 0.2) is 0 Å². The van der Waals surface area contributed by atoms with Gasteiger partial charge in [0.25, 0.3) is 0 Å². The molecule has 2 atom stereocenters. The monoisotopic (exact) mass is 211 g/mol. The molecular formula is C12H21NO2. The minimum atomic E-state index is -0.622. The lowest BCUT2D eigenvalue weighted by molar-refractivity contribution is -0.138. The summed E-state index contributed by atoms with van der Waals surface area (Å²) in [6, 6.07) is 1.38. The fraction of sp³-hybridized carbons (Fsp3) is 0.917. The number of hydrogen-bond acceptors (Lipinski definition) is 2. The van der Waals surface area contributed by atoms with E-state index in [1.807, 2.05) is 0 Å². The maximum atomic E-state index is 10.7. The van der Waals surface area contributed by atoms with Crippen molar-refractivity contribution in [3.63, 3.8) is 0 Å². The van der Waals surface area contributed by atoms with Crippen LogP contribution in [0.5, 0.6) is 0 Å². The molecule has 2 aliphatic heterocycles. The molecule has 0 aromatic carbocycles. The average Bonchev–Trinajstić information content (AvgIpc) is 2.43. The normalized spacial score (nSPS) is 35.7. The molecule has 15 heavy (non-hydrogen) atoms. The molecule has 0 saturated carbocycles. The molecule has 3 heteroatoms. The van der Waals surface area contributed by atoms with Crippen molar-refractivity contribution in [3.8, 4) is 0 Å². The molecule has 0 radical (unpaired) electrons. The Labute approximate surface area is 91.5 Å². The second-order valence-electron chi connectivity index (χ2n) is 5.06. The summed E-state index contributed by atoms with van der Waals surface area (Å²) in [5.41, 5.74) is 0. The van der Waals surface area contributed by atoms with Crippen LogP contribution in [0, 0.1) is 5.92 Å². The summed E-state index contributed by atoms with van der Waals surface area (Å²) in [6.45, 7) is 3.43. The SMILES string of the molecule is CCCN1C2CCC1CC(CC(=O)O)C2. The van der Waals surface area contributed by atoms with Gasteiger partial charge in [0.05, 0.1) is 0 Å². The van der Waals surface area contributed by atoms with E-state index in [0.717, 1.165) is 12.8 Å². The van der Waals surface area contributed by atoms with Gasteiger partial charge in [-0.05, 0) is 44.6 Å². The van der Waals surface area contributed by atoms with E-state index >= 15 is 0 Å². The van der Waals surface area contributed by atoms with Crippen molar-refractivity contribution in [3.05, 3.63) is 0 Å². The van der Waals surface area contributed by atoms with Crippen molar-refractivity contribution >= 4 is 5.97 Å². The molecule has 2 saturated heterocycles. The van der Waals surface area contributed by atoms with Crippen LogP contribution in [0.2, 0.25) is 0 Å². The highest BCUT2D eigenvalue weighted by atomic mass is 16.4. The highest BCUT2D eigenvalue weighted by Crippen LogP contribution is 2.39. The number of carboxylic acid groups (broad SMARTS) is 1. The molecule has 2 rings (SSSR count). The fourth-order valence-corrected chi connectivity index (χ4v) is 3.42. The predicted octanol–water partition coefficient (Wildman–Crippen LogP) is 2.11. The minimum Gasteiger partial charge on any atom is -0.481 e. The first kappa shape index (κ1) is 10.9. The zero-order valence-electron chi connectivity index (χ0n) is 9.48. The molecule has 0 aromatic heterocycles. The van der Waals surface area contributed by atoms with Crippen molar-refractivity contribution in [2.75, 3.05) is 6.54 Å². The van der Waals surface area contributed by atoms with E-state index in [-0.39, 0.29) is 0 Å². The summed E-state index contributed by atoms with van der Waals surface area (Å²) >= 11 is 0. The predicted molar refractivity (Wildman–Crippen MR) is 58.8 cm³/mol. The molecule has 0 spiro atoms. The third-order valence-electron chi connectivity index (χ3n) is 3.93.